The third-order valence-corrected chi connectivity index (χ3v) is 7.02. The molecule has 3 aromatic rings. The average molecular weight is 328 g/mol. The Labute approximate surface area is 147 Å². The van der Waals surface area contributed by atoms with Gasteiger partial charge in [0, 0.05) is 5.66 Å². The maximum Gasteiger partial charge on any atom is 0.0814 e. The molecular weight excluding hydrogens is 306 g/mol. The highest BCUT2D eigenvalue weighted by molar-refractivity contribution is 7.65. The van der Waals surface area contributed by atoms with Crippen molar-refractivity contribution in [1.29, 1.82) is 0 Å². The van der Waals surface area contributed by atoms with Crippen molar-refractivity contribution in [2.45, 2.75) is 5.66 Å². The van der Waals surface area contributed by atoms with Crippen molar-refractivity contribution in [2.75, 3.05) is 6.66 Å². The maximum atomic E-state index is 2.41. The number of benzene rings is 3. The van der Waals surface area contributed by atoms with Gasteiger partial charge in [-0.2, -0.15) is 0 Å². The molecule has 0 fully saturated rings. The van der Waals surface area contributed by atoms with E-state index in [1.165, 1.54) is 27.6 Å². The average Bonchev–Trinajstić information content (AvgIpc) is 2.79. The molecule has 2 heteroatoms. The number of hydrogen-bond donors (Lipinski definition) is 0. The molecular formula is C22H22BP. The van der Waals surface area contributed by atoms with Crippen LogP contribution in [0.5, 0.6) is 0 Å². The Morgan fingerprint density at radius 3 is 1.62 bits per heavy atom. The van der Waals surface area contributed by atoms with Gasteiger partial charge in [0.1, 0.15) is 0 Å². The quantitative estimate of drug-likeness (QED) is 0.479. The van der Waals surface area contributed by atoms with Crippen molar-refractivity contribution in [2.24, 2.45) is 0 Å². The normalized spacial score (nSPS) is 14.0. The van der Waals surface area contributed by atoms with Crippen molar-refractivity contribution in [3.63, 3.8) is 0 Å². The number of fused-ring (bicyclic) bond motifs is 2. The van der Waals surface area contributed by atoms with Crippen LogP contribution < -0.4 is 5.30 Å². The first kappa shape index (κ1) is 16.7. The van der Waals surface area contributed by atoms with Crippen molar-refractivity contribution in [3.8, 4) is 0 Å². The maximum absolute atomic E-state index is 2.41. The minimum absolute atomic E-state index is 0. The molecule has 0 aromatic heterocycles. The summed E-state index contributed by atoms with van der Waals surface area (Å²) in [4.78, 5) is 0. The second-order valence-electron chi connectivity index (χ2n) is 5.94. The minimum atomic E-state index is -0.324. The zero-order chi connectivity index (χ0) is 15.6. The smallest absolute Gasteiger partial charge is 0.0663 e. The van der Waals surface area contributed by atoms with Crippen LogP contribution in [0, 0.1) is 0 Å². The Bertz CT molecular complexity index is 805. The SMILES string of the molecule is B.CP(c1ccccc1)C1c2ccccc2C=Cc2ccccc21. The molecule has 0 radical (unpaired) electrons. The van der Waals surface area contributed by atoms with Crippen molar-refractivity contribution >= 4 is 33.8 Å². The van der Waals surface area contributed by atoms with E-state index in [2.05, 4.69) is 97.7 Å². The van der Waals surface area contributed by atoms with Gasteiger partial charge in [0.25, 0.3) is 0 Å². The fourth-order valence-electron chi connectivity index (χ4n) is 3.40. The number of rotatable bonds is 2. The summed E-state index contributed by atoms with van der Waals surface area (Å²) >= 11 is 0. The van der Waals surface area contributed by atoms with Crippen molar-refractivity contribution in [3.05, 3.63) is 101 Å². The Kier molecular flexibility index (Phi) is 5.02. The standard InChI is InChI=1S/C22H19P.BH3/c1-23(19-11-3-2-4-12-19)22-20-13-7-5-9-17(20)15-16-18-10-6-8-14-21(18)22;/h2-16,22H,1H3;1H3. The zero-order valence-corrected chi connectivity index (χ0v) is 14.1. The van der Waals surface area contributed by atoms with E-state index in [4.69, 9.17) is 0 Å². The molecule has 0 saturated carbocycles. The summed E-state index contributed by atoms with van der Waals surface area (Å²) in [6, 6.07) is 28.6. The number of hydrogen-bond acceptors (Lipinski definition) is 0. The Balaban J connectivity index is 0.00000169. The second kappa shape index (κ2) is 7.20. The van der Waals surface area contributed by atoms with Gasteiger partial charge in [-0.25, -0.2) is 0 Å². The Morgan fingerprint density at radius 2 is 1.08 bits per heavy atom. The van der Waals surface area contributed by atoms with E-state index in [1.807, 2.05) is 0 Å². The lowest BCUT2D eigenvalue weighted by atomic mass is 9.99. The Hall–Kier alpha value is -2.11. The highest BCUT2D eigenvalue weighted by Gasteiger charge is 2.26. The van der Waals surface area contributed by atoms with Crippen LogP contribution in [0.1, 0.15) is 27.9 Å². The van der Waals surface area contributed by atoms with Gasteiger partial charge in [0.05, 0.1) is 8.41 Å². The van der Waals surface area contributed by atoms with E-state index in [9.17, 15) is 0 Å². The largest absolute Gasteiger partial charge is 0.0814 e. The molecule has 0 heterocycles. The van der Waals surface area contributed by atoms with Crippen LogP contribution in [0.4, 0.5) is 0 Å². The van der Waals surface area contributed by atoms with Crippen LogP contribution in [0.15, 0.2) is 78.9 Å². The lowest BCUT2D eigenvalue weighted by molar-refractivity contribution is 1.13. The Morgan fingerprint density at radius 1 is 0.625 bits per heavy atom. The van der Waals surface area contributed by atoms with Crippen molar-refractivity contribution < 1.29 is 0 Å². The van der Waals surface area contributed by atoms with Gasteiger partial charge in [-0.05, 0) is 34.2 Å². The van der Waals surface area contributed by atoms with Gasteiger partial charge in [0.2, 0.25) is 0 Å². The molecule has 118 valence electrons. The predicted molar refractivity (Wildman–Crippen MR) is 113 cm³/mol. The van der Waals surface area contributed by atoms with Gasteiger partial charge in [-0.3, -0.25) is 0 Å². The summed E-state index contributed by atoms with van der Waals surface area (Å²) in [6.45, 7) is 2.41. The molecule has 0 saturated heterocycles. The van der Waals surface area contributed by atoms with E-state index < -0.39 is 0 Å². The zero-order valence-electron chi connectivity index (χ0n) is 13.2. The monoisotopic (exact) mass is 328 g/mol. The first-order valence-electron chi connectivity index (χ1n) is 7.98. The molecule has 24 heavy (non-hydrogen) atoms. The topological polar surface area (TPSA) is 0 Å². The van der Waals surface area contributed by atoms with Gasteiger partial charge < -0.3 is 0 Å². The van der Waals surface area contributed by atoms with Crippen LogP contribution in [0.2, 0.25) is 0 Å². The summed E-state index contributed by atoms with van der Waals surface area (Å²) in [5.74, 6) is 0. The van der Waals surface area contributed by atoms with E-state index in [0.717, 1.165) is 0 Å². The third-order valence-electron chi connectivity index (χ3n) is 4.57. The molecule has 1 atom stereocenters. The molecule has 0 spiro atoms. The van der Waals surface area contributed by atoms with Gasteiger partial charge in [-0.15, -0.1) is 0 Å². The lowest BCUT2D eigenvalue weighted by Crippen LogP contribution is -2.09. The van der Waals surface area contributed by atoms with Gasteiger partial charge in [0.15, 0.2) is 0 Å². The summed E-state index contributed by atoms with van der Waals surface area (Å²) in [5.41, 5.74) is 6.03. The lowest BCUT2D eigenvalue weighted by Gasteiger charge is -2.27. The van der Waals surface area contributed by atoms with Crippen LogP contribution in [-0.2, 0) is 0 Å². The first-order chi connectivity index (χ1) is 11.3. The van der Waals surface area contributed by atoms with E-state index in [0.29, 0.717) is 5.66 Å². The molecule has 1 aliphatic carbocycles. The summed E-state index contributed by atoms with van der Waals surface area (Å²) in [7, 11) is -0.324. The summed E-state index contributed by atoms with van der Waals surface area (Å²) < 4.78 is 0. The van der Waals surface area contributed by atoms with Crippen LogP contribution in [0.25, 0.3) is 12.2 Å². The molecule has 3 aromatic carbocycles. The fourth-order valence-corrected chi connectivity index (χ4v) is 5.65. The highest BCUT2D eigenvalue weighted by atomic mass is 31.1. The van der Waals surface area contributed by atoms with Gasteiger partial charge in [-0.1, -0.05) is 98.9 Å². The molecule has 0 nitrogen and oxygen atoms in total. The second-order valence-corrected chi connectivity index (χ2v) is 8.19. The minimum Gasteiger partial charge on any atom is -0.0663 e. The molecule has 4 rings (SSSR count). The van der Waals surface area contributed by atoms with E-state index >= 15 is 0 Å². The van der Waals surface area contributed by atoms with E-state index in [1.54, 1.807) is 0 Å². The summed E-state index contributed by atoms with van der Waals surface area (Å²) in [6.07, 6.45) is 4.53. The first-order valence-corrected chi connectivity index (χ1v) is 9.84. The van der Waals surface area contributed by atoms with Crippen LogP contribution in [0.3, 0.4) is 0 Å². The van der Waals surface area contributed by atoms with Crippen molar-refractivity contribution in [1.82, 2.24) is 0 Å². The molecule has 0 bridgehead atoms. The third kappa shape index (κ3) is 2.97. The summed E-state index contributed by atoms with van der Waals surface area (Å²) in [5, 5.41) is 1.46. The molecule has 1 aliphatic rings. The molecule has 0 amide bonds. The highest BCUT2D eigenvalue weighted by Crippen LogP contribution is 2.54. The fraction of sp³-hybridized carbons (Fsp3) is 0.0909. The molecule has 1 unspecified atom stereocenters. The van der Waals surface area contributed by atoms with Gasteiger partial charge >= 0.3 is 0 Å². The van der Waals surface area contributed by atoms with Crippen LogP contribution in [-0.4, -0.2) is 15.1 Å². The van der Waals surface area contributed by atoms with Crippen LogP contribution >= 0.6 is 7.92 Å². The van der Waals surface area contributed by atoms with E-state index in [-0.39, 0.29) is 16.3 Å². The molecule has 0 N–H and O–H groups in total. The molecule has 0 aliphatic heterocycles. The predicted octanol–water partition coefficient (Wildman–Crippen LogP) is 4.51.